The van der Waals surface area contributed by atoms with Gasteiger partial charge in [0, 0.05) is 3.57 Å². The monoisotopic (exact) mass is 340 g/mol. The Morgan fingerprint density at radius 3 is 2.35 bits per heavy atom. The normalized spacial score (nSPS) is 9.94. The van der Waals surface area contributed by atoms with Crippen LogP contribution in [0.25, 0.3) is 0 Å². The van der Waals surface area contributed by atoms with Crippen molar-refractivity contribution in [1.82, 2.24) is 0 Å². The van der Waals surface area contributed by atoms with Crippen molar-refractivity contribution < 1.29 is 14.6 Å². The Hall–Kier alpha value is -1.56. The van der Waals surface area contributed by atoms with Crippen LogP contribution in [0, 0.1) is 3.57 Å². The molecule has 2 rings (SSSR count). The van der Waals surface area contributed by atoms with Crippen molar-refractivity contribution in [1.29, 1.82) is 0 Å². The standard InChI is InChI=1S/C13H9IO3/c14-12-8-10(6-7-11(12)13(15)16)17-9-4-2-1-3-5-9/h1-8H,(H,15,16). The highest BCUT2D eigenvalue weighted by Crippen LogP contribution is 2.24. The summed E-state index contributed by atoms with van der Waals surface area (Å²) in [6.45, 7) is 0. The van der Waals surface area contributed by atoms with Crippen LogP contribution in [0.2, 0.25) is 0 Å². The van der Waals surface area contributed by atoms with Crippen LogP contribution in [0.5, 0.6) is 11.5 Å². The van der Waals surface area contributed by atoms with Crippen LogP contribution in [0.3, 0.4) is 0 Å². The fourth-order valence-corrected chi connectivity index (χ4v) is 2.07. The van der Waals surface area contributed by atoms with Crippen molar-refractivity contribution in [3.05, 3.63) is 57.7 Å². The lowest BCUT2D eigenvalue weighted by atomic mass is 10.2. The van der Waals surface area contributed by atoms with Crippen LogP contribution >= 0.6 is 22.6 Å². The highest BCUT2D eigenvalue weighted by Gasteiger charge is 2.09. The molecule has 17 heavy (non-hydrogen) atoms. The highest BCUT2D eigenvalue weighted by atomic mass is 127. The number of carbonyl (C=O) groups is 1. The van der Waals surface area contributed by atoms with Crippen LogP contribution in [0.4, 0.5) is 0 Å². The van der Waals surface area contributed by atoms with Crippen molar-refractivity contribution in [2.75, 3.05) is 0 Å². The van der Waals surface area contributed by atoms with Gasteiger partial charge in [-0.25, -0.2) is 4.79 Å². The second-order valence-electron chi connectivity index (χ2n) is 3.36. The molecular weight excluding hydrogens is 331 g/mol. The van der Waals surface area contributed by atoms with E-state index < -0.39 is 5.97 Å². The van der Waals surface area contributed by atoms with Gasteiger partial charge < -0.3 is 9.84 Å². The molecule has 2 aromatic carbocycles. The number of rotatable bonds is 3. The minimum atomic E-state index is -0.930. The van der Waals surface area contributed by atoms with E-state index in [9.17, 15) is 4.79 Å². The van der Waals surface area contributed by atoms with Gasteiger partial charge in [0.1, 0.15) is 11.5 Å². The molecule has 3 nitrogen and oxygen atoms in total. The first-order chi connectivity index (χ1) is 8.16. The maximum Gasteiger partial charge on any atom is 0.336 e. The first kappa shape index (κ1) is 11.9. The molecule has 0 amide bonds. The van der Waals surface area contributed by atoms with E-state index in [1.54, 1.807) is 18.2 Å². The number of ether oxygens (including phenoxy) is 1. The molecule has 0 aromatic heterocycles. The molecular formula is C13H9IO3. The summed E-state index contributed by atoms with van der Waals surface area (Å²) in [6, 6.07) is 14.3. The van der Waals surface area contributed by atoms with Gasteiger partial charge in [0.25, 0.3) is 0 Å². The Bertz CT molecular complexity index is 538. The van der Waals surface area contributed by atoms with Crippen LogP contribution < -0.4 is 4.74 Å². The lowest BCUT2D eigenvalue weighted by Gasteiger charge is -2.06. The summed E-state index contributed by atoms with van der Waals surface area (Å²) < 4.78 is 6.25. The molecule has 0 saturated carbocycles. The van der Waals surface area contributed by atoms with Gasteiger partial charge >= 0.3 is 5.97 Å². The summed E-state index contributed by atoms with van der Waals surface area (Å²) in [5.41, 5.74) is 0.283. The third-order valence-corrected chi connectivity index (χ3v) is 3.04. The van der Waals surface area contributed by atoms with Crippen LogP contribution in [-0.4, -0.2) is 11.1 Å². The number of hydrogen-bond donors (Lipinski definition) is 1. The molecule has 0 saturated heterocycles. The molecule has 0 spiro atoms. The van der Waals surface area contributed by atoms with Crippen molar-refractivity contribution in [3.8, 4) is 11.5 Å². The summed E-state index contributed by atoms with van der Waals surface area (Å²) >= 11 is 1.98. The molecule has 0 radical (unpaired) electrons. The van der Waals surface area contributed by atoms with E-state index in [1.807, 2.05) is 52.9 Å². The van der Waals surface area contributed by atoms with Crippen molar-refractivity contribution in [2.24, 2.45) is 0 Å². The number of aromatic carboxylic acids is 1. The topological polar surface area (TPSA) is 46.5 Å². The Balaban J connectivity index is 2.24. The first-order valence-electron chi connectivity index (χ1n) is 4.92. The molecule has 4 heteroatoms. The van der Waals surface area contributed by atoms with E-state index in [-0.39, 0.29) is 5.56 Å². The van der Waals surface area contributed by atoms with Gasteiger partial charge in [-0.3, -0.25) is 0 Å². The zero-order chi connectivity index (χ0) is 12.3. The van der Waals surface area contributed by atoms with Gasteiger partial charge in [0.2, 0.25) is 0 Å². The molecule has 86 valence electrons. The van der Waals surface area contributed by atoms with Crippen molar-refractivity contribution in [2.45, 2.75) is 0 Å². The molecule has 0 atom stereocenters. The molecule has 0 heterocycles. The van der Waals surface area contributed by atoms with E-state index in [0.29, 0.717) is 9.32 Å². The number of para-hydroxylation sites is 1. The Labute approximate surface area is 112 Å². The third-order valence-electron chi connectivity index (χ3n) is 2.15. The molecule has 0 aliphatic carbocycles. The Morgan fingerprint density at radius 1 is 1.06 bits per heavy atom. The lowest BCUT2D eigenvalue weighted by molar-refractivity contribution is 0.0695. The third kappa shape index (κ3) is 2.97. The summed E-state index contributed by atoms with van der Waals surface area (Å²) in [5.74, 6) is 0.428. The largest absolute Gasteiger partial charge is 0.478 e. The van der Waals surface area contributed by atoms with Crippen LogP contribution in [0.15, 0.2) is 48.5 Å². The lowest BCUT2D eigenvalue weighted by Crippen LogP contribution is -1.99. The second-order valence-corrected chi connectivity index (χ2v) is 4.52. The van der Waals surface area contributed by atoms with Gasteiger partial charge in [0.05, 0.1) is 5.56 Å². The zero-order valence-corrected chi connectivity index (χ0v) is 10.9. The maximum atomic E-state index is 10.8. The quantitative estimate of drug-likeness (QED) is 0.865. The van der Waals surface area contributed by atoms with E-state index >= 15 is 0 Å². The Kier molecular flexibility index (Phi) is 3.63. The molecule has 0 aliphatic rings. The maximum absolute atomic E-state index is 10.8. The molecule has 0 bridgehead atoms. The minimum absolute atomic E-state index is 0.283. The summed E-state index contributed by atoms with van der Waals surface area (Å²) in [6.07, 6.45) is 0. The second kappa shape index (κ2) is 5.18. The summed E-state index contributed by atoms with van der Waals surface area (Å²) in [5, 5.41) is 8.90. The number of benzene rings is 2. The molecule has 1 N–H and O–H groups in total. The van der Waals surface area contributed by atoms with Crippen LogP contribution in [0.1, 0.15) is 10.4 Å². The zero-order valence-electron chi connectivity index (χ0n) is 8.76. The number of hydrogen-bond acceptors (Lipinski definition) is 2. The number of carboxylic acids is 1. The summed E-state index contributed by atoms with van der Waals surface area (Å²) in [7, 11) is 0. The highest BCUT2D eigenvalue weighted by molar-refractivity contribution is 14.1. The van der Waals surface area contributed by atoms with Crippen molar-refractivity contribution in [3.63, 3.8) is 0 Å². The molecule has 2 aromatic rings. The van der Waals surface area contributed by atoms with E-state index in [1.165, 1.54) is 0 Å². The molecule has 0 unspecified atom stereocenters. The van der Waals surface area contributed by atoms with Gasteiger partial charge in [-0.15, -0.1) is 0 Å². The first-order valence-corrected chi connectivity index (χ1v) is 6.00. The average Bonchev–Trinajstić information content (AvgIpc) is 2.30. The predicted molar refractivity (Wildman–Crippen MR) is 72.6 cm³/mol. The van der Waals surface area contributed by atoms with E-state index in [4.69, 9.17) is 9.84 Å². The van der Waals surface area contributed by atoms with Gasteiger partial charge in [-0.05, 0) is 52.9 Å². The van der Waals surface area contributed by atoms with E-state index in [2.05, 4.69) is 0 Å². The SMILES string of the molecule is O=C(O)c1ccc(Oc2ccccc2)cc1I. The van der Waals surface area contributed by atoms with Crippen molar-refractivity contribution >= 4 is 28.6 Å². The Morgan fingerprint density at radius 2 is 1.76 bits per heavy atom. The van der Waals surface area contributed by atoms with Gasteiger partial charge in [0.15, 0.2) is 0 Å². The predicted octanol–water partition coefficient (Wildman–Crippen LogP) is 3.78. The summed E-state index contributed by atoms with van der Waals surface area (Å²) in [4.78, 5) is 10.8. The fourth-order valence-electron chi connectivity index (χ4n) is 1.36. The van der Waals surface area contributed by atoms with E-state index in [0.717, 1.165) is 5.75 Å². The van der Waals surface area contributed by atoms with Gasteiger partial charge in [-0.1, -0.05) is 18.2 Å². The molecule has 0 fully saturated rings. The number of halogens is 1. The fraction of sp³-hybridized carbons (Fsp3) is 0. The molecule has 0 aliphatic heterocycles. The van der Waals surface area contributed by atoms with Gasteiger partial charge in [-0.2, -0.15) is 0 Å². The smallest absolute Gasteiger partial charge is 0.336 e. The van der Waals surface area contributed by atoms with Crippen LogP contribution in [-0.2, 0) is 0 Å². The minimum Gasteiger partial charge on any atom is -0.478 e. The number of carboxylic acid groups (broad SMARTS) is 1. The average molecular weight is 340 g/mol.